The van der Waals surface area contributed by atoms with Crippen molar-refractivity contribution in [2.75, 3.05) is 26.8 Å². The van der Waals surface area contributed by atoms with E-state index in [1.165, 1.54) is 0 Å². The zero-order chi connectivity index (χ0) is 19.4. The Hall–Kier alpha value is -2.40. The van der Waals surface area contributed by atoms with Crippen molar-refractivity contribution in [3.8, 4) is 11.5 Å². The number of benzene rings is 2. The SMILES string of the molecule is CN(Cc1cccc(Cl)c1)C(=O)NCC(C)(C)c1ccc2c(c1)OCCO2. The monoisotopic (exact) mass is 388 g/mol. The number of rotatable bonds is 5. The highest BCUT2D eigenvalue weighted by Crippen LogP contribution is 2.34. The largest absolute Gasteiger partial charge is 0.486 e. The van der Waals surface area contributed by atoms with Gasteiger partial charge < -0.3 is 19.7 Å². The van der Waals surface area contributed by atoms with Gasteiger partial charge in [0.2, 0.25) is 0 Å². The van der Waals surface area contributed by atoms with E-state index in [1.807, 2.05) is 42.5 Å². The van der Waals surface area contributed by atoms with Gasteiger partial charge in [0.25, 0.3) is 0 Å². The molecule has 0 fully saturated rings. The third kappa shape index (κ3) is 4.86. The molecule has 1 heterocycles. The number of fused-ring (bicyclic) bond motifs is 1. The first kappa shape index (κ1) is 19.4. The molecular weight excluding hydrogens is 364 g/mol. The van der Waals surface area contributed by atoms with Crippen molar-refractivity contribution in [3.05, 3.63) is 58.6 Å². The second-order valence-electron chi connectivity index (χ2n) is 7.39. The Balaban J connectivity index is 1.60. The summed E-state index contributed by atoms with van der Waals surface area (Å²) in [6, 6.07) is 13.3. The van der Waals surface area contributed by atoms with Gasteiger partial charge in [-0.1, -0.05) is 43.6 Å². The summed E-state index contributed by atoms with van der Waals surface area (Å²) in [5, 5.41) is 3.69. The fourth-order valence-electron chi connectivity index (χ4n) is 2.98. The van der Waals surface area contributed by atoms with E-state index in [9.17, 15) is 4.79 Å². The van der Waals surface area contributed by atoms with Crippen molar-refractivity contribution >= 4 is 17.6 Å². The average molecular weight is 389 g/mol. The van der Waals surface area contributed by atoms with E-state index in [2.05, 4.69) is 19.2 Å². The summed E-state index contributed by atoms with van der Waals surface area (Å²) in [7, 11) is 1.77. The van der Waals surface area contributed by atoms with Crippen LogP contribution in [0.1, 0.15) is 25.0 Å². The summed E-state index contributed by atoms with van der Waals surface area (Å²) in [4.78, 5) is 14.1. The average Bonchev–Trinajstić information content (AvgIpc) is 2.65. The molecule has 1 N–H and O–H groups in total. The molecular formula is C21H25ClN2O3. The van der Waals surface area contributed by atoms with Gasteiger partial charge in [0.05, 0.1) is 0 Å². The van der Waals surface area contributed by atoms with Crippen LogP contribution in [0, 0.1) is 0 Å². The standard InChI is InChI=1S/C21H25ClN2O3/c1-21(2,16-7-8-18-19(12-16)27-10-9-26-18)14-23-20(25)24(3)13-15-5-4-6-17(22)11-15/h4-8,11-12H,9-10,13-14H2,1-3H3,(H,23,25). The maximum absolute atomic E-state index is 12.5. The Bertz CT molecular complexity index is 823. The van der Waals surface area contributed by atoms with Crippen LogP contribution in [0.4, 0.5) is 4.79 Å². The predicted molar refractivity (Wildman–Crippen MR) is 107 cm³/mol. The topological polar surface area (TPSA) is 50.8 Å². The lowest BCUT2D eigenvalue weighted by Gasteiger charge is -2.29. The third-order valence-corrected chi connectivity index (χ3v) is 4.90. The van der Waals surface area contributed by atoms with E-state index >= 15 is 0 Å². The molecule has 0 saturated carbocycles. The molecule has 27 heavy (non-hydrogen) atoms. The second kappa shape index (κ2) is 8.09. The molecule has 2 aromatic rings. The molecule has 0 unspecified atom stereocenters. The van der Waals surface area contributed by atoms with Crippen LogP contribution in [0.2, 0.25) is 5.02 Å². The van der Waals surface area contributed by atoms with E-state index < -0.39 is 0 Å². The summed E-state index contributed by atoms with van der Waals surface area (Å²) in [5.41, 5.74) is 1.83. The van der Waals surface area contributed by atoms with E-state index in [0.29, 0.717) is 31.3 Å². The number of hydrogen-bond donors (Lipinski definition) is 1. The van der Waals surface area contributed by atoms with Gasteiger partial charge in [-0.05, 0) is 35.4 Å². The fourth-order valence-corrected chi connectivity index (χ4v) is 3.19. The number of carbonyl (C=O) groups excluding carboxylic acids is 1. The summed E-state index contributed by atoms with van der Waals surface area (Å²) in [5.74, 6) is 1.53. The van der Waals surface area contributed by atoms with Gasteiger partial charge in [0.1, 0.15) is 13.2 Å². The summed E-state index contributed by atoms with van der Waals surface area (Å²) in [6.07, 6.45) is 0. The number of ether oxygens (including phenoxy) is 2. The molecule has 0 bridgehead atoms. The van der Waals surface area contributed by atoms with Gasteiger partial charge in [0.15, 0.2) is 11.5 Å². The third-order valence-electron chi connectivity index (χ3n) is 4.66. The zero-order valence-corrected chi connectivity index (χ0v) is 16.7. The first-order chi connectivity index (χ1) is 12.8. The smallest absolute Gasteiger partial charge is 0.317 e. The maximum atomic E-state index is 12.5. The molecule has 1 aliphatic heterocycles. The minimum atomic E-state index is -0.248. The molecule has 0 aliphatic carbocycles. The fraction of sp³-hybridized carbons (Fsp3) is 0.381. The lowest BCUT2D eigenvalue weighted by Crippen LogP contribution is -2.42. The van der Waals surface area contributed by atoms with Crippen LogP contribution in [-0.2, 0) is 12.0 Å². The molecule has 144 valence electrons. The second-order valence-corrected chi connectivity index (χ2v) is 7.82. The van der Waals surface area contributed by atoms with E-state index in [0.717, 1.165) is 22.6 Å². The molecule has 3 rings (SSSR count). The Morgan fingerprint density at radius 2 is 1.89 bits per heavy atom. The highest BCUT2D eigenvalue weighted by Gasteiger charge is 2.24. The van der Waals surface area contributed by atoms with Gasteiger partial charge in [-0.25, -0.2) is 4.79 Å². The molecule has 0 atom stereocenters. The molecule has 0 aromatic heterocycles. The molecule has 1 aliphatic rings. The van der Waals surface area contributed by atoms with Crippen molar-refractivity contribution in [2.24, 2.45) is 0 Å². The molecule has 2 aromatic carbocycles. The molecule has 0 saturated heterocycles. The van der Waals surface area contributed by atoms with Crippen molar-refractivity contribution in [3.63, 3.8) is 0 Å². The van der Waals surface area contributed by atoms with Crippen LogP contribution in [0.25, 0.3) is 0 Å². The minimum Gasteiger partial charge on any atom is -0.486 e. The summed E-state index contributed by atoms with van der Waals surface area (Å²) < 4.78 is 11.2. The minimum absolute atomic E-state index is 0.124. The molecule has 5 nitrogen and oxygen atoms in total. The van der Waals surface area contributed by atoms with Crippen LogP contribution in [0.5, 0.6) is 11.5 Å². The zero-order valence-electron chi connectivity index (χ0n) is 15.9. The maximum Gasteiger partial charge on any atom is 0.317 e. The quantitative estimate of drug-likeness (QED) is 0.833. The number of nitrogens with zero attached hydrogens (tertiary/aromatic N) is 1. The molecule has 2 amide bonds. The first-order valence-corrected chi connectivity index (χ1v) is 9.36. The number of amides is 2. The Morgan fingerprint density at radius 1 is 1.15 bits per heavy atom. The van der Waals surface area contributed by atoms with Crippen molar-refractivity contribution in [2.45, 2.75) is 25.8 Å². The normalized spacial score (nSPS) is 13.2. The molecule has 0 spiro atoms. The lowest BCUT2D eigenvalue weighted by molar-refractivity contribution is 0.171. The van der Waals surface area contributed by atoms with E-state index in [1.54, 1.807) is 11.9 Å². The van der Waals surface area contributed by atoms with Gasteiger partial charge >= 0.3 is 6.03 Å². The van der Waals surface area contributed by atoms with E-state index in [-0.39, 0.29) is 11.4 Å². The molecule has 6 heteroatoms. The highest BCUT2D eigenvalue weighted by atomic mass is 35.5. The lowest BCUT2D eigenvalue weighted by atomic mass is 9.84. The van der Waals surface area contributed by atoms with Crippen LogP contribution in [0.15, 0.2) is 42.5 Å². The van der Waals surface area contributed by atoms with E-state index in [4.69, 9.17) is 21.1 Å². The predicted octanol–water partition coefficient (Wildman–Crippen LogP) is 4.23. The number of halogens is 1. The summed E-state index contributed by atoms with van der Waals surface area (Å²) in [6.45, 7) is 6.32. The van der Waals surface area contributed by atoms with Crippen molar-refractivity contribution in [1.82, 2.24) is 10.2 Å². The number of carbonyl (C=O) groups is 1. The van der Waals surface area contributed by atoms with Gasteiger partial charge in [-0.15, -0.1) is 0 Å². The Morgan fingerprint density at radius 3 is 2.63 bits per heavy atom. The van der Waals surface area contributed by atoms with Crippen molar-refractivity contribution in [1.29, 1.82) is 0 Å². The van der Waals surface area contributed by atoms with Crippen LogP contribution < -0.4 is 14.8 Å². The van der Waals surface area contributed by atoms with Crippen LogP contribution in [0.3, 0.4) is 0 Å². The highest BCUT2D eigenvalue weighted by molar-refractivity contribution is 6.30. The van der Waals surface area contributed by atoms with Crippen molar-refractivity contribution < 1.29 is 14.3 Å². The van der Waals surface area contributed by atoms with Gasteiger partial charge in [-0.2, -0.15) is 0 Å². The van der Waals surface area contributed by atoms with Gasteiger partial charge in [-0.3, -0.25) is 0 Å². The first-order valence-electron chi connectivity index (χ1n) is 8.99. The van der Waals surface area contributed by atoms with Gasteiger partial charge in [0, 0.05) is 30.6 Å². The Kier molecular flexibility index (Phi) is 5.80. The van der Waals surface area contributed by atoms with Crippen LogP contribution >= 0.6 is 11.6 Å². The number of urea groups is 1. The number of nitrogens with one attached hydrogen (secondary N) is 1. The van der Waals surface area contributed by atoms with Crippen LogP contribution in [-0.4, -0.2) is 37.7 Å². The number of hydrogen-bond acceptors (Lipinski definition) is 3. The Labute approximate surface area is 165 Å². The molecule has 0 radical (unpaired) electrons. The summed E-state index contributed by atoms with van der Waals surface area (Å²) >= 11 is 6.01.